The van der Waals surface area contributed by atoms with Crippen molar-refractivity contribution in [3.63, 3.8) is 0 Å². The first-order chi connectivity index (χ1) is 8.00. The summed E-state index contributed by atoms with van der Waals surface area (Å²) in [6.45, 7) is 1.85. The molecular weight excluding hydrogens is 218 g/mol. The molecule has 0 saturated carbocycles. The summed E-state index contributed by atoms with van der Waals surface area (Å²) >= 11 is 0. The van der Waals surface area contributed by atoms with Crippen LogP contribution in [0.1, 0.15) is 24.9 Å². The van der Waals surface area contributed by atoms with E-state index in [9.17, 15) is 9.59 Å². The van der Waals surface area contributed by atoms with E-state index in [4.69, 9.17) is 11.5 Å². The van der Waals surface area contributed by atoms with Crippen molar-refractivity contribution in [3.05, 3.63) is 35.9 Å². The first kappa shape index (κ1) is 13.2. The molecule has 0 aliphatic rings. The highest BCUT2D eigenvalue weighted by Crippen LogP contribution is 2.11. The lowest BCUT2D eigenvalue weighted by atomic mass is 10.1. The topological polar surface area (TPSA) is 98.2 Å². The number of carbonyl (C=O) groups excluding carboxylic acids is 2. The summed E-state index contributed by atoms with van der Waals surface area (Å²) in [6.07, 6.45) is -0.145. The molecule has 17 heavy (non-hydrogen) atoms. The highest BCUT2D eigenvalue weighted by molar-refractivity contribution is 5.87. The number of rotatable bonds is 5. The van der Waals surface area contributed by atoms with Crippen LogP contribution in [0.5, 0.6) is 0 Å². The van der Waals surface area contributed by atoms with E-state index in [0.29, 0.717) is 0 Å². The quantitative estimate of drug-likeness (QED) is 0.673. The van der Waals surface area contributed by atoms with E-state index in [1.54, 1.807) is 0 Å². The van der Waals surface area contributed by atoms with Gasteiger partial charge in [-0.05, 0) is 12.5 Å². The molecule has 0 saturated heterocycles. The van der Waals surface area contributed by atoms with Crippen LogP contribution in [-0.4, -0.2) is 17.9 Å². The average molecular weight is 235 g/mol. The lowest BCUT2D eigenvalue weighted by Gasteiger charge is -2.17. The monoisotopic (exact) mass is 235 g/mol. The van der Waals surface area contributed by atoms with Crippen molar-refractivity contribution in [1.82, 2.24) is 5.32 Å². The second kappa shape index (κ2) is 6.00. The number of hydrogen-bond donors (Lipinski definition) is 3. The molecule has 5 heteroatoms. The first-order valence-electron chi connectivity index (χ1n) is 5.40. The summed E-state index contributed by atoms with van der Waals surface area (Å²) < 4.78 is 0. The number of amides is 2. The lowest BCUT2D eigenvalue weighted by molar-refractivity contribution is -0.126. The Labute approximate surface area is 100 Å². The standard InChI is InChI=1S/C12H17N3O2/c1-8(9-5-3-2-4-6-9)15-12(17)10(13)7-11(14)16/h2-6,8,10H,7,13H2,1H3,(H2,14,16)(H,15,17)/t8-,10?/m1/s1. The van der Waals surface area contributed by atoms with Crippen molar-refractivity contribution in [3.8, 4) is 0 Å². The molecule has 0 aromatic heterocycles. The van der Waals surface area contributed by atoms with Gasteiger partial charge in [0.15, 0.2) is 0 Å². The Balaban J connectivity index is 2.54. The van der Waals surface area contributed by atoms with Crippen molar-refractivity contribution < 1.29 is 9.59 Å². The first-order valence-corrected chi connectivity index (χ1v) is 5.40. The normalized spacial score (nSPS) is 13.8. The fourth-order valence-corrected chi connectivity index (χ4v) is 1.45. The fourth-order valence-electron chi connectivity index (χ4n) is 1.45. The highest BCUT2D eigenvalue weighted by atomic mass is 16.2. The Morgan fingerprint density at radius 2 is 1.88 bits per heavy atom. The zero-order valence-corrected chi connectivity index (χ0v) is 9.72. The minimum Gasteiger partial charge on any atom is -0.370 e. The van der Waals surface area contributed by atoms with Crippen molar-refractivity contribution in [1.29, 1.82) is 0 Å². The SMILES string of the molecule is C[C@@H](NC(=O)C(N)CC(N)=O)c1ccccc1. The Hall–Kier alpha value is -1.88. The smallest absolute Gasteiger partial charge is 0.237 e. The van der Waals surface area contributed by atoms with E-state index in [1.165, 1.54) is 0 Å². The molecule has 0 heterocycles. The van der Waals surface area contributed by atoms with Gasteiger partial charge in [0, 0.05) is 0 Å². The molecule has 5 nitrogen and oxygen atoms in total. The second-order valence-electron chi connectivity index (χ2n) is 3.92. The maximum Gasteiger partial charge on any atom is 0.237 e. The lowest BCUT2D eigenvalue weighted by Crippen LogP contribution is -2.43. The number of benzene rings is 1. The van der Waals surface area contributed by atoms with Gasteiger partial charge in [-0.3, -0.25) is 9.59 Å². The number of nitrogens with one attached hydrogen (secondary N) is 1. The Kier molecular flexibility index (Phi) is 4.66. The molecule has 0 aliphatic carbocycles. The molecule has 1 aromatic rings. The van der Waals surface area contributed by atoms with Crippen LogP contribution in [0.2, 0.25) is 0 Å². The van der Waals surface area contributed by atoms with Gasteiger partial charge in [-0.25, -0.2) is 0 Å². The van der Waals surface area contributed by atoms with E-state index < -0.39 is 11.9 Å². The van der Waals surface area contributed by atoms with E-state index >= 15 is 0 Å². The van der Waals surface area contributed by atoms with E-state index in [2.05, 4.69) is 5.32 Å². The molecule has 2 atom stereocenters. The molecule has 0 radical (unpaired) electrons. The zero-order chi connectivity index (χ0) is 12.8. The van der Waals surface area contributed by atoms with Gasteiger partial charge in [0.05, 0.1) is 18.5 Å². The van der Waals surface area contributed by atoms with Crippen LogP contribution in [0.15, 0.2) is 30.3 Å². The van der Waals surface area contributed by atoms with Gasteiger partial charge < -0.3 is 16.8 Å². The van der Waals surface area contributed by atoms with Crippen molar-refractivity contribution >= 4 is 11.8 Å². The molecule has 0 bridgehead atoms. The fraction of sp³-hybridized carbons (Fsp3) is 0.333. The Morgan fingerprint density at radius 1 is 1.29 bits per heavy atom. The number of hydrogen-bond acceptors (Lipinski definition) is 3. The third-order valence-corrected chi connectivity index (χ3v) is 2.42. The predicted octanol–water partition coefficient (Wildman–Crippen LogP) is 0.0665. The second-order valence-corrected chi connectivity index (χ2v) is 3.92. The van der Waals surface area contributed by atoms with Crippen molar-refractivity contribution in [2.24, 2.45) is 11.5 Å². The van der Waals surface area contributed by atoms with Crippen LogP contribution in [0, 0.1) is 0 Å². The maximum absolute atomic E-state index is 11.6. The molecular formula is C12H17N3O2. The summed E-state index contributed by atoms with van der Waals surface area (Å²) in [5.41, 5.74) is 11.5. The van der Waals surface area contributed by atoms with E-state index in [1.807, 2.05) is 37.3 Å². The van der Waals surface area contributed by atoms with Crippen LogP contribution in [0.3, 0.4) is 0 Å². The van der Waals surface area contributed by atoms with Crippen molar-refractivity contribution in [2.45, 2.75) is 25.4 Å². The molecule has 1 aromatic carbocycles. The van der Waals surface area contributed by atoms with E-state index in [0.717, 1.165) is 5.56 Å². The van der Waals surface area contributed by atoms with Crippen LogP contribution in [0.25, 0.3) is 0 Å². The van der Waals surface area contributed by atoms with Gasteiger partial charge >= 0.3 is 0 Å². The molecule has 0 spiro atoms. The predicted molar refractivity (Wildman–Crippen MR) is 64.8 cm³/mol. The number of carbonyl (C=O) groups is 2. The van der Waals surface area contributed by atoms with E-state index in [-0.39, 0.29) is 18.4 Å². The van der Waals surface area contributed by atoms with Gasteiger partial charge in [0.2, 0.25) is 11.8 Å². The Bertz CT molecular complexity index is 392. The van der Waals surface area contributed by atoms with Gasteiger partial charge in [0.1, 0.15) is 0 Å². The zero-order valence-electron chi connectivity index (χ0n) is 9.72. The molecule has 1 rings (SSSR count). The summed E-state index contributed by atoms with van der Waals surface area (Å²) in [5.74, 6) is -0.958. The van der Waals surface area contributed by atoms with Gasteiger partial charge in [-0.15, -0.1) is 0 Å². The molecule has 0 aliphatic heterocycles. The highest BCUT2D eigenvalue weighted by Gasteiger charge is 2.18. The summed E-state index contributed by atoms with van der Waals surface area (Å²) in [6, 6.07) is 8.45. The third-order valence-electron chi connectivity index (χ3n) is 2.42. The Morgan fingerprint density at radius 3 is 2.41 bits per heavy atom. The molecule has 0 fully saturated rings. The summed E-state index contributed by atoms with van der Waals surface area (Å²) in [7, 11) is 0. The number of nitrogens with two attached hydrogens (primary N) is 2. The third kappa shape index (κ3) is 4.24. The minimum absolute atomic E-state index is 0.145. The van der Waals surface area contributed by atoms with Crippen LogP contribution in [-0.2, 0) is 9.59 Å². The molecule has 2 amide bonds. The summed E-state index contributed by atoms with van der Waals surface area (Å²) in [4.78, 5) is 22.3. The molecule has 92 valence electrons. The van der Waals surface area contributed by atoms with Gasteiger partial charge in [0.25, 0.3) is 0 Å². The van der Waals surface area contributed by atoms with Gasteiger partial charge in [-0.1, -0.05) is 30.3 Å². The molecule has 1 unspecified atom stereocenters. The summed E-state index contributed by atoms with van der Waals surface area (Å²) in [5, 5.41) is 2.73. The van der Waals surface area contributed by atoms with Crippen LogP contribution in [0.4, 0.5) is 0 Å². The van der Waals surface area contributed by atoms with Crippen LogP contribution < -0.4 is 16.8 Å². The number of primary amides is 1. The van der Waals surface area contributed by atoms with Crippen LogP contribution >= 0.6 is 0 Å². The minimum atomic E-state index is -0.890. The largest absolute Gasteiger partial charge is 0.370 e. The maximum atomic E-state index is 11.6. The van der Waals surface area contributed by atoms with Gasteiger partial charge in [-0.2, -0.15) is 0 Å². The molecule has 5 N–H and O–H groups in total. The average Bonchev–Trinajstić information content (AvgIpc) is 2.29. The van der Waals surface area contributed by atoms with Crippen molar-refractivity contribution in [2.75, 3.05) is 0 Å².